The first-order valence-corrected chi connectivity index (χ1v) is 13.8. The molecule has 8 nitrogen and oxygen atoms in total. The Morgan fingerprint density at radius 2 is 1.90 bits per heavy atom. The lowest BCUT2D eigenvalue weighted by molar-refractivity contribution is -0.145. The third kappa shape index (κ3) is 6.95. The number of hydrogen-bond donors (Lipinski definition) is 0. The van der Waals surface area contributed by atoms with Gasteiger partial charge in [0.05, 0.1) is 30.2 Å². The molecule has 2 aromatic carbocycles. The van der Waals surface area contributed by atoms with Gasteiger partial charge < -0.3 is 14.2 Å². The fourth-order valence-corrected chi connectivity index (χ4v) is 5.59. The number of amides is 2. The van der Waals surface area contributed by atoms with Gasteiger partial charge >= 0.3 is 12.1 Å². The van der Waals surface area contributed by atoms with Crippen LogP contribution < -0.4 is 4.74 Å². The van der Waals surface area contributed by atoms with Gasteiger partial charge in [0.1, 0.15) is 18.0 Å². The maximum atomic E-state index is 12.9. The molecule has 9 heteroatoms. The summed E-state index contributed by atoms with van der Waals surface area (Å²) in [5.74, 6) is -0.511. The average molecular weight is 549 g/mol. The second kappa shape index (κ2) is 11.9. The normalized spacial score (nSPS) is 16.1. The van der Waals surface area contributed by atoms with E-state index in [0.717, 1.165) is 25.4 Å². The van der Waals surface area contributed by atoms with Crippen LogP contribution in [-0.2, 0) is 25.5 Å². The van der Waals surface area contributed by atoms with Crippen molar-refractivity contribution in [1.29, 1.82) is 5.26 Å². The van der Waals surface area contributed by atoms with Crippen molar-refractivity contribution in [3.05, 3.63) is 64.5 Å². The monoisotopic (exact) mass is 548 g/mol. The second-order valence-corrected chi connectivity index (χ2v) is 11.6. The van der Waals surface area contributed by atoms with Gasteiger partial charge in [-0.2, -0.15) is 5.26 Å². The van der Waals surface area contributed by atoms with E-state index in [1.54, 1.807) is 57.2 Å². The lowest BCUT2D eigenvalue weighted by Crippen LogP contribution is -2.44. The zero-order chi connectivity index (χ0) is 28.2. The Morgan fingerprint density at radius 1 is 1.15 bits per heavy atom. The second-order valence-electron chi connectivity index (χ2n) is 10.4. The minimum atomic E-state index is -0.702. The molecule has 4 rings (SSSR count). The van der Waals surface area contributed by atoms with E-state index in [9.17, 15) is 19.6 Å². The number of nitriles is 1. The molecule has 0 aliphatic carbocycles. The number of esters is 1. The molecule has 2 heterocycles. The van der Waals surface area contributed by atoms with Crippen LogP contribution in [0.1, 0.15) is 62.5 Å². The number of carbonyl (C=O) groups is 3. The Bertz CT molecular complexity index is 1400. The number of imide groups is 1. The Hall–Kier alpha value is -3.90. The van der Waals surface area contributed by atoms with Crippen LogP contribution >= 0.6 is 11.3 Å². The van der Waals surface area contributed by atoms with Gasteiger partial charge in [0.15, 0.2) is 0 Å². The summed E-state index contributed by atoms with van der Waals surface area (Å²) in [5.41, 5.74) is 0.689. The smallest absolute Gasteiger partial charge is 0.417 e. The van der Waals surface area contributed by atoms with Crippen molar-refractivity contribution in [2.75, 3.05) is 13.2 Å². The molecule has 1 aliphatic rings. The molecule has 1 saturated heterocycles. The Balaban J connectivity index is 1.45. The maximum absolute atomic E-state index is 12.9. The standard InChI is InChI=1S/C30H32N2O6S/c1-5-36-28(34)25(16-24-15-21-14-19(17-31)6-12-26(21)39-24)20-7-10-23(11-8-20)37-18-22-9-13-27(33)32(22)29(35)38-30(2,3)4/h6-8,10-12,14-15,22,25H,5,9,13,16,18H2,1-4H3/t22-,25?/m0/s1. The molecular formula is C30H32N2O6S. The summed E-state index contributed by atoms with van der Waals surface area (Å²) < 4.78 is 17.8. The van der Waals surface area contributed by atoms with E-state index >= 15 is 0 Å². The zero-order valence-electron chi connectivity index (χ0n) is 22.6. The number of benzene rings is 2. The number of rotatable bonds is 8. The van der Waals surface area contributed by atoms with Crippen molar-refractivity contribution < 1.29 is 28.6 Å². The van der Waals surface area contributed by atoms with E-state index < -0.39 is 23.7 Å². The van der Waals surface area contributed by atoms with Crippen LogP contribution in [-0.4, -0.2) is 47.7 Å². The van der Waals surface area contributed by atoms with E-state index in [1.807, 2.05) is 30.3 Å². The highest BCUT2D eigenvalue weighted by Gasteiger charge is 2.39. The molecule has 1 aromatic heterocycles. The van der Waals surface area contributed by atoms with Crippen LogP contribution in [0.5, 0.6) is 5.75 Å². The van der Waals surface area contributed by atoms with Crippen molar-refractivity contribution in [3.8, 4) is 11.8 Å². The molecule has 2 amide bonds. The third-order valence-electron chi connectivity index (χ3n) is 6.31. The third-order valence-corrected chi connectivity index (χ3v) is 7.45. The fraction of sp³-hybridized carbons (Fsp3) is 0.400. The van der Waals surface area contributed by atoms with Crippen LogP contribution in [0.15, 0.2) is 48.5 Å². The summed E-state index contributed by atoms with van der Waals surface area (Å²) >= 11 is 1.59. The van der Waals surface area contributed by atoms with Crippen molar-refractivity contribution in [2.24, 2.45) is 0 Å². The highest BCUT2D eigenvalue weighted by molar-refractivity contribution is 7.19. The van der Waals surface area contributed by atoms with Gasteiger partial charge in [-0.15, -0.1) is 11.3 Å². The van der Waals surface area contributed by atoms with E-state index in [-0.39, 0.29) is 31.5 Å². The van der Waals surface area contributed by atoms with Crippen LogP contribution in [0, 0.1) is 11.3 Å². The Morgan fingerprint density at radius 3 is 2.56 bits per heavy atom. The van der Waals surface area contributed by atoms with Crippen LogP contribution in [0.2, 0.25) is 0 Å². The number of fused-ring (bicyclic) bond motifs is 1. The quantitative estimate of drug-likeness (QED) is 0.319. The first-order valence-electron chi connectivity index (χ1n) is 12.9. The van der Waals surface area contributed by atoms with Crippen LogP contribution in [0.25, 0.3) is 10.1 Å². The SMILES string of the molecule is CCOC(=O)C(Cc1cc2cc(C#N)ccc2s1)c1ccc(OC[C@@H]2CCC(=O)N2C(=O)OC(C)(C)C)cc1. The highest BCUT2D eigenvalue weighted by atomic mass is 32.1. The molecule has 204 valence electrons. The maximum Gasteiger partial charge on any atom is 0.417 e. The minimum absolute atomic E-state index is 0.151. The number of thiophene rings is 1. The van der Waals surface area contributed by atoms with Gasteiger partial charge in [-0.3, -0.25) is 9.59 Å². The summed E-state index contributed by atoms with van der Waals surface area (Å²) in [4.78, 5) is 39.9. The summed E-state index contributed by atoms with van der Waals surface area (Å²) in [6.07, 6.45) is 0.584. The van der Waals surface area contributed by atoms with Gasteiger partial charge in [0.2, 0.25) is 5.91 Å². The molecule has 1 fully saturated rings. The number of likely N-dealkylation sites (tertiary alicyclic amines) is 1. The van der Waals surface area contributed by atoms with Gasteiger partial charge in [-0.05, 0) is 87.9 Å². The van der Waals surface area contributed by atoms with Gasteiger partial charge in [0, 0.05) is 16.0 Å². The predicted octanol–water partition coefficient (Wildman–Crippen LogP) is 5.97. The van der Waals surface area contributed by atoms with Gasteiger partial charge in [-0.25, -0.2) is 9.69 Å². The minimum Gasteiger partial charge on any atom is -0.491 e. The predicted molar refractivity (Wildman–Crippen MR) is 148 cm³/mol. The first kappa shape index (κ1) is 28.1. The average Bonchev–Trinajstić information content (AvgIpc) is 3.47. The van der Waals surface area contributed by atoms with Crippen molar-refractivity contribution >= 4 is 39.4 Å². The summed E-state index contributed by atoms with van der Waals surface area (Å²) in [6.45, 7) is 7.48. The topological polar surface area (TPSA) is 106 Å². The van der Waals surface area contributed by atoms with Crippen LogP contribution in [0.3, 0.4) is 0 Å². The lowest BCUT2D eigenvalue weighted by atomic mass is 9.94. The number of hydrogen-bond acceptors (Lipinski definition) is 8. The molecule has 0 N–H and O–H groups in total. The number of ether oxygens (including phenoxy) is 3. The molecule has 3 aromatic rings. The molecular weight excluding hydrogens is 516 g/mol. The highest BCUT2D eigenvalue weighted by Crippen LogP contribution is 2.32. The Kier molecular flexibility index (Phi) is 8.56. The molecule has 2 atom stereocenters. The summed E-state index contributed by atoms with van der Waals surface area (Å²) in [5, 5.41) is 10.2. The first-order chi connectivity index (χ1) is 18.6. The molecule has 39 heavy (non-hydrogen) atoms. The number of carbonyl (C=O) groups excluding carboxylic acids is 3. The van der Waals surface area contributed by atoms with Crippen molar-refractivity contribution in [2.45, 2.75) is 64.5 Å². The van der Waals surface area contributed by atoms with Crippen LogP contribution in [0.4, 0.5) is 4.79 Å². The van der Waals surface area contributed by atoms with Gasteiger partial charge in [-0.1, -0.05) is 12.1 Å². The summed E-state index contributed by atoms with van der Waals surface area (Å²) in [6, 6.07) is 16.6. The lowest BCUT2D eigenvalue weighted by Gasteiger charge is -2.27. The molecule has 0 spiro atoms. The molecule has 0 bridgehead atoms. The van der Waals surface area contributed by atoms with E-state index in [0.29, 0.717) is 24.2 Å². The molecule has 0 saturated carbocycles. The van der Waals surface area contributed by atoms with Gasteiger partial charge in [0.25, 0.3) is 0 Å². The summed E-state index contributed by atoms with van der Waals surface area (Å²) in [7, 11) is 0. The largest absolute Gasteiger partial charge is 0.491 e. The van der Waals surface area contributed by atoms with E-state index in [1.165, 1.54) is 0 Å². The van der Waals surface area contributed by atoms with E-state index in [4.69, 9.17) is 14.2 Å². The van der Waals surface area contributed by atoms with Crippen molar-refractivity contribution in [1.82, 2.24) is 4.90 Å². The Labute approximate surface area is 232 Å². The fourth-order valence-electron chi connectivity index (χ4n) is 4.50. The molecule has 0 radical (unpaired) electrons. The van der Waals surface area contributed by atoms with Crippen molar-refractivity contribution in [3.63, 3.8) is 0 Å². The zero-order valence-corrected chi connectivity index (χ0v) is 23.4. The molecule has 1 aliphatic heterocycles. The molecule has 1 unspecified atom stereocenters. The number of nitrogens with zero attached hydrogens (tertiary/aromatic N) is 2. The van der Waals surface area contributed by atoms with E-state index in [2.05, 4.69) is 6.07 Å².